The number of methoxy groups -OCH3 is 2. The van der Waals surface area contributed by atoms with Crippen molar-refractivity contribution in [3.63, 3.8) is 0 Å². The van der Waals surface area contributed by atoms with Gasteiger partial charge in [-0.3, -0.25) is 9.88 Å². The third-order valence-electron chi connectivity index (χ3n) is 6.51. The van der Waals surface area contributed by atoms with E-state index in [0.717, 1.165) is 29.1 Å². The fourth-order valence-corrected chi connectivity index (χ4v) is 5.03. The van der Waals surface area contributed by atoms with Crippen LogP contribution >= 0.6 is 0 Å². The molecule has 1 aliphatic heterocycles. The van der Waals surface area contributed by atoms with Crippen molar-refractivity contribution >= 4 is 10.9 Å². The van der Waals surface area contributed by atoms with Crippen LogP contribution in [-0.2, 0) is 4.74 Å². The molecule has 4 rings (SSSR count). The molecule has 0 N–H and O–H groups in total. The predicted molar refractivity (Wildman–Crippen MR) is 104 cm³/mol. The highest BCUT2D eigenvalue weighted by atomic mass is 16.5. The molecule has 4 nitrogen and oxygen atoms in total. The van der Waals surface area contributed by atoms with Crippen LogP contribution < -0.4 is 4.74 Å². The van der Waals surface area contributed by atoms with Crippen molar-refractivity contribution in [2.75, 3.05) is 20.8 Å². The summed E-state index contributed by atoms with van der Waals surface area (Å²) in [7, 11) is 3.51. The molecule has 2 heterocycles. The third kappa shape index (κ3) is 2.72. The first-order valence-electron chi connectivity index (χ1n) is 9.51. The second-order valence-corrected chi connectivity index (χ2v) is 7.57. The van der Waals surface area contributed by atoms with Crippen molar-refractivity contribution in [2.45, 2.75) is 38.0 Å². The number of aromatic nitrogens is 1. The topological polar surface area (TPSA) is 34.6 Å². The van der Waals surface area contributed by atoms with Crippen molar-refractivity contribution in [3.05, 3.63) is 48.7 Å². The molecule has 4 heteroatoms. The minimum absolute atomic E-state index is 0.00846. The molecule has 1 aromatic heterocycles. The largest absolute Gasteiger partial charge is 0.497 e. The highest BCUT2D eigenvalue weighted by Gasteiger charge is 2.49. The second-order valence-electron chi connectivity index (χ2n) is 7.57. The standard InChI is InChI=1S/C22H28N2O2/c1-5-15-12-21-17(15)9-11-24(21)14(2)22(26-4)18-8-10-23-20-7-6-16(25-3)13-19(18)20/h5-8,10,13-15,17,21-22H,1,9,11-12H2,2-4H3/t14?,15?,17?,21?,22-/m0/s1. The summed E-state index contributed by atoms with van der Waals surface area (Å²) < 4.78 is 11.4. The highest BCUT2D eigenvalue weighted by Crippen LogP contribution is 2.48. The number of likely N-dealkylation sites (tertiary alicyclic amines) is 1. The van der Waals surface area contributed by atoms with Crippen LogP contribution in [0.25, 0.3) is 10.9 Å². The molecule has 1 aromatic carbocycles. The van der Waals surface area contributed by atoms with Crippen LogP contribution in [0.15, 0.2) is 43.1 Å². The number of nitrogens with zero attached hydrogens (tertiary/aromatic N) is 2. The van der Waals surface area contributed by atoms with E-state index in [4.69, 9.17) is 9.47 Å². The lowest BCUT2D eigenvalue weighted by Gasteiger charge is -2.45. The zero-order valence-electron chi connectivity index (χ0n) is 15.9. The van der Waals surface area contributed by atoms with E-state index in [9.17, 15) is 0 Å². The first kappa shape index (κ1) is 17.5. The smallest absolute Gasteiger partial charge is 0.119 e. The Morgan fingerprint density at radius 1 is 1.31 bits per heavy atom. The molecular formula is C22H28N2O2. The van der Waals surface area contributed by atoms with Gasteiger partial charge in [-0.2, -0.15) is 0 Å². The van der Waals surface area contributed by atoms with Gasteiger partial charge in [0.1, 0.15) is 5.75 Å². The van der Waals surface area contributed by atoms with Crippen molar-refractivity contribution in [3.8, 4) is 5.75 Å². The summed E-state index contributed by atoms with van der Waals surface area (Å²) in [4.78, 5) is 7.16. The quantitative estimate of drug-likeness (QED) is 0.729. The molecule has 1 saturated carbocycles. The average Bonchev–Trinajstić information content (AvgIpc) is 2.99. The van der Waals surface area contributed by atoms with Crippen molar-refractivity contribution in [2.24, 2.45) is 11.8 Å². The molecular weight excluding hydrogens is 324 g/mol. The van der Waals surface area contributed by atoms with Gasteiger partial charge in [0.15, 0.2) is 0 Å². The van der Waals surface area contributed by atoms with E-state index in [2.05, 4.69) is 41.6 Å². The van der Waals surface area contributed by atoms with Gasteiger partial charge < -0.3 is 9.47 Å². The fourth-order valence-electron chi connectivity index (χ4n) is 5.03. The van der Waals surface area contributed by atoms with E-state index in [1.165, 1.54) is 18.4 Å². The van der Waals surface area contributed by atoms with E-state index in [-0.39, 0.29) is 6.10 Å². The summed E-state index contributed by atoms with van der Waals surface area (Å²) in [6, 6.07) is 9.12. The summed E-state index contributed by atoms with van der Waals surface area (Å²) in [6.45, 7) is 7.44. The molecule has 2 aromatic rings. The molecule has 0 bridgehead atoms. The maximum Gasteiger partial charge on any atom is 0.119 e. The minimum atomic E-state index is 0.00846. The Balaban J connectivity index is 1.65. The van der Waals surface area contributed by atoms with Crippen LogP contribution in [-0.4, -0.2) is 42.7 Å². The molecule has 2 aliphatic rings. The van der Waals surface area contributed by atoms with Gasteiger partial charge in [-0.15, -0.1) is 6.58 Å². The zero-order chi connectivity index (χ0) is 18.3. The van der Waals surface area contributed by atoms with E-state index < -0.39 is 0 Å². The lowest BCUT2D eigenvalue weighted by atomic mass is 9.69. The van der Waals surface area contributed by atoms with Gasteiger partial charge in [-0.05, 0) is 68.0 Å². The first-order chi connectivity index (χ1) is 12.7. The Hall–Kier alpha value is -1.91. The van der Waals surface area contributed by atoms with Gasteiger partial charge in [0.05, 0.1) is 18.7 Å². The van der Waals surface area contributed by atoms with Crippen molar-refractivity contribution in [1.82, 2.24) is 9.88 Å². The number of rotatable bonds is 6. The number of fused-ring (bicyclic) bond motifs is 2. The van der Waals surface area contributed by atoms with Gasteiger partial charge in [0, 0.05) is 30.8 Å². The molecule has 0 spiro atoms. The summed E-state index contributed by atoms with van der Waals surface area (Å²) in [5.41, 5.74) is 2.17. The minimum Gasteiger partial charge on any atom is -0.497 e. The van der Waals surface area contributed by atoms with E-state index in [0.29, 0.717) is 18.0 Å². The van der Waals surface area contributed by atoms with Crippen LogP contribution in [0.5, 0.6) is 5.75 Å². The molecule has 4 unspecified atom stereocenters. The number of benzene rings is 1. The Morgan fingerprint density at radius 2 is 2.15 bits per heavy atom. The van der Waals surface area contributed by atoms with Gasteiger partial charge >= 0.3 is 0 Å². The third-order valence-corrected chi connectivity index (χ3v) is 6.51. The molecule has 0 amide bonds. The molecule has 1 aliphatic carbocycles. The summed E-state index contributed by atoms with van der Waals surface area (Å²) in [5, 5.41) is 1.11. The normalized spacial score (nSPS) is 27.6. The lowest BCUT2D eigenvalue weighted by Crippen LogP contribution is -2.50. The monoisotopic (exact) mass is 352 g/mol. The number of ether oxygens (including phenoxy) is 2. The first-order valence-corrected chi connectivity index (χ1v) is 9.51. The Kier molecular flexibility index (Phi) is 4.72. The van der Waals surface area contributed by atoms with E-state index in [1.54, 1.807) is 7.11 Å². The fraction of sp³-hybridized carbons (Fsp3) is 0.500. The Morgan fingerprint density at radius 3 is 2.88 bits per heavy atom. The second kappa shape index (κ2) is 7.01. The average molecular weight is 352 g/mol. The predicted octanol–water partition coefficient (Wildman–Crippen LogP) is 4.22. The van der Waals surface area contributed by atoms with Crippen LogP contribution in [0.2, 0.25) is 0 Å². The molecule has 138 valence electrons. The van der Waals surface area contributed by atoms with Gasteiger partial charge in [0.25, 0.3) is 0 Å². The van der Waals surface area contributed by atoms with Crippen LogP contribution in [0.4, 0.5) is 0 Å². The SMILES string of the molecule is C=CC1CC2C1CCN2C(C)[C@H](OC)c1ccnc2ccc(OC)cc12. The number of pyridine rings is 1. The lowest BCUT2D eigenvalue weighted by molar-refractivity contribution is -0.0115. The van der Waals surface area contributed by atoms with Crippen LogP contribution in [0, 0.1) is 11.8 Å². The summed E-state index contributed by atoms with van der Waals surface area (Å²) in [5.74, 6) is 2.33. The van der Waals surface area contributed by atoms with Crippen LogP contribution in [0.3, 0.4) is 0 Å². The van der Waals surface area contributed by atoms with Crippen molar-refractivity contribution < 1.29 is 9.47 Å². The summed E-state index contributed by atoms with van der Waals surface area (Å²) >= 11 is 0. The Labute approximate surface area is 155 Å². The molecule has 0 radical (unpaired) electrons. The number of hydrogen-bond acceptors (Lipinski definition) is 4. The zero-order valence-corrected chi connectivity index (χ0v) is 15.9. The van der Waals surface area contributed by atoms with Crippen LogP contribution in [0.1, 0.15) is 31.4 Å². The molecule has 26 heavy (non-hydrogen) atoms. The Bertz CT molecular complexity index is 806. The maximum absolute atomic E-state index is 6.02. The number of allylic oxidation sites excluding steroid dienone is 1. The van der Waals surface area contributed by atoms with E-state index >= 15 is 0 Å². The summed E-state index contributed by atoms with van der Waals surface area (Å²) in [6.07, 6.45) is 6.54. The molecule has 1 saturated heterocycles. The van der Waals surface area contributed by atoms with Gasteiger partial charge in [-0.25, -0.2) is 0 Å². The van der Waals surface area contributed by atoms with Gasteiger partial charge in [-0.1, -0.05) is 6.08 Å². The molecule has 5 atom stereocenters. The number of hydrogen-bond donors (Lipinski definition) is 0. The van der Waals surface area contributed by atoms with Gasteiger partial charge in [0.2, 0.25) is 0 Å². The maximum atomic E-state index is 6.02. The van der Waals surface area contributed by atoms with Crippen molar-refractivity contribution in [1.29, 1.82) is 0 Å². The van der Waals surface area contributed by atoms with E-state index in [1.807, 2.05) is 25.4 Å². The highest BCUT2D eigenvalue weighted by molar-refractivity contribution is 5.84. The molecule has 2 fully saturated rings.